The number of carbonyl (C=O) groups excluding carboxylic acids is 1. The lowest BCUT2D eigenvalue weighted by atomic mass is 10.2. The number of thiazole rings is 1. The van der Waals surface area contributed by atoms with Gasteiger partial charge in [-0.15, -0.1) is 11.3 Å². The fraction of sp³-hybridized carbons (Fsp3) is 0.500. The van der Waals surface area contributed by atoms with Crippen LogP contribution in [0, 0.1) is 0 Å². The first kappa shape index (κ1) is 22.6. The van der Waals surface area contributed by atoms with Crippen LogP contribution < -0.4 is 10.1 Å². The van der Waals surface area contributed by atoms with Crippen LogP contribution >= 0.6 is 27.3 Å². The Morgan fingerprint density at radius 2 is 2.14 bits per heavy atom. The van der Waals surface area contributed by atoms with Crippen molar-refractivity contribution < 1.29 is 18.7 Å². The number of nitrogens with zero attached hydrogens (tertiary/aromatic N) is 1. The Bertz CT molecular complexity index is 846. The third-order valence-electron chi connectivity index (χ3n) is 3.68. The third kappa shape index (κ3) is 6.74. The molecule has 0 aliphatic carbocycles. The predicted molar refractivity (Wildman–Crippen MR) is 115 cm³/mol. The molecule has 0 saturated heterocycles. The Hall–Kier alpha value is -1.67. The van der Waals surface area contributed by atoms with Crippen molar-refractivity contribution in [2.45, 2.75) is 52.6 Å². The van der Waals surface area contributed by atoms with E-state index in [-0.39, 0.29) is 13.2 Å². The molecule has 2 rings (SSSR count). The molecule has 28 heavy (non-hydrogen) atoms. The molecule has 1 aromatic carbocycles. The van der Waals surface area contributed by atoms with Crippen molar-refractivity contribution in [2.75, 3.05) is 13.2 Å². The first-order chi connectivity index (χ1) is 13.2. The minimum atomic E-state index is -0.606. The standard InChI is InChI=1S/C20H26BrFN2O3S/c1-5-6-7-16-24-14-8-9-15(17(21)18(14)28-16)26-12-13(10-22)11-23-19(25)27-20(2,3)4/h8-10H,5-7,11-12H2,1-4H3,(H,23,25)/b13-10+. The van der Waals surface area contributed by atoms with Gasteiger partial charge in [-0.3, -0.25) is 0 Å². The van der Waals surface area contributed by atoms with Gasteiger partial charge in [-0.25, -0.2) is 14.2 Å². The second-order valence-corrected chi connectivity index (χ2v) is 9.23. The Balaban J connectivity index is 1.97. The van der Waals surface area contributed by atoms with Gasteiger partial charge in [0.25, 0.3) is 0 Å². The number of carbonyl (C=O) groups is 1. The molecule has 0 bridgehead atoms. The minimum Gasteiger partial charge on any atom is -0.488 e. The number of alkyl carbamates (subject to hydrolysis) is 1. The first-order valence-corrected chi connectivity index (χ1v) is 10.8. The van der Waals surface area contributed by atoms with Crippen LogP contribution in [-0.2, 0) is 11.2 Å². The number of aryl methyl sites for hydroxylation is 1. The van der Waals surface area contributed by atoms with Gasteiger partial charge in [0.2, 0.25) is 0 Å². The lowest BCUT2D eigenvalue weighted by molar-refractivity contribution is 0.0531. The zero-order valence-corrected chi connectivity index (χ0v) is 19.0. The summed E-state index contributed by atoms with van der Waals surface area (Å²) in [6.07, 6.45) is 3.04. The number of aromatic nitrogens is 1. The van der Waals surface area contributed by atoms with Gasteiger partial charge in [0.05, 0.1) is 26.0 Å². The molecule has 1 N–H and O–H groups in total. The number of hydrogen-bond donors (Lipinski definition) is 1. The summed E-state index contributed by atoms with van der Waals surface area (Å²) >= 11 is 5.21. The van der Waals surface area contributed by atoms with Crippen LogP contribution in [0.2, 0.25) is 0 Å². The van der Waals surface area contributed by atoms with Gasteiger partial charge < -0.3 is 14.8 Å². The van der Waals surface area contributed by atoms with Crippen LogP contribution in [0.4, 0.5) is 9.18 Å². The highest BCUT2D eigenvalue weighted by atomic mass is 79.9. The Morgan fingerprint density at radius 1 is 1.39 bits per heavy atom. The molecule has 0 aliphatic heterocycles. The van der Waals surface area contributed by atoms with Gasteiger partial charge in [-0.2, -0.15) is 0 Å². The van der Waals surface area contributed by atoms with E-state index in [1.54, 1.807) is 32.1 Å². The third-order valence-corrected chi connectivity index (χ3v) is 5.87. The van der Waals surface area contributed by atoms with Crippen molar-refractivity contribution in [1.29, 1.82) is 0 Å². The molecule has 5 nitrogen and oxygen atoms in total. The molecule has 0 atom stereocenters. The molecular formula is C20H26BrFN2O3S. The molecule has 1 amide bonds. The molecule has 154 valence electrons. The summed E-state index contributed by atoms with van der Waals surface area (Å²) < 4.78 is 25.9. The van der Waals surface area contributed by atoms with Gasteiger partial charge >= 0.3 is 6.09 Å². The highest BCUT2D eigenvalue weighted by Gasteiger charge is 2.16. The van der Waals surface area contributed by atoms with Crippen molar-refractivity contribution in [1.82, 2.24) is 10.3 Å². The van der Waals surface area contributed by atoms with Gasteiger partial charge in [0.15, 0.2) is 0 Å². The Morgan fingerprint density at radius 3 is 2.79 bits per heavy atom. The van der Waals surface area contributed by atoms with Crippen LogP contribution in [0.1, 0.15) is 45.5 Å². The molecule has 0 radical (unpaired) electrons. The van der Waals surface area contributed by atoms with E-state index in [4.69, 9.17) is 9.47 Å². The number of rotatable bonds is 8. The normalized spacial score (nSPS) is 12.3. The summed E-state index contributed by atoms with van der Waals surface area (Å²) in [5, 5.41) is 3.62. The molecule has 1 heterocycles. The van der Waals surface area contributed by atoms with E-state index >= 15 is 0 Å². The van der Waals surface area contributed by atoms with E-state index in [1.807, 2.05) is 12.1 Å². The lowest BCUT2D eigenvalue weighted by Crippen LogP contribution is -2.34. The molecule has 0 spiro atoms. The van der Waals surface area contributed by atoms with Gasteiger partial charge in [-0.05, 0) is 61.7 Å². The molecule has 0 saturated carbocycles. The number of unbranched alkanes of at least 4 members (excludes halogenated alkanes) is 1. The largest absolute Gasteiger partial charge is 0.488 e. The first-order valence-electron chi connectivity index (χ1n) is 9.19. The van der Waals surface area contributed by atoms with Crippen molar-refractivity contribution >= 4 is 43.6 Å². The maximum Gasteiger partial charge on any atom is 0.407 e. The fourth-order valence-corrected chi connectivity index (χ4v) is 4.05. The minimum absolute atomic E-state index is 0.00694. The summed E-state index contributed by atoms with van der Waals surface area (Å²) in [5.41, 5.74) is 0.611. The number of hydrogen-bond acceptors (Lipinski definition) is 5. The summed E-state index contributed by atoms with van der Waals surface area (Å²) in [6.45, 7) is 7.47. The lowest BCUT2D eigenvalue weighted by Gasteiger charge is -2.20. The maximum atomic E-state index is 13.2. The molecule has 2 aromatic rings. The molecule has 1 aromatic heterocycles. The monoisotopic (exact) mass is 472 g/mol. The maximum absolute atomic E-state index is 13.2. The number of benzene rings is 1. The summed E-state index contributed by atoms with van der Waals surface area (Å²) in [6, 6.07) is 3.71. The molecule has 0 unspecified atom stereocenters. The predicted octanol–water partition coefficient (Wildman–Crippen LogP) is 6.16. The van der Waals surface area contributed by atoms with Gasteiger partial charge in [0.1, 0.15) is 18.0 Å². The highest BCUT2D eigenvalue weighted by molar-refractivity contribution is 9.10. The van der Waals surface area contributed by atoms with E-state index in [9.17, 15) is 9.18 Å². The summed E-state index contributed by atoms with van der Waals surface area (Å²) in [5.74, 6) is 0.606. The van der Waals surface area contributed by atoms with E-state index < -0.39 is 11.7 Å². The van der Waals surface area contributed by atoms with E-state index in [2.05, 4.69) is 33.2 Å². The Kier molecular flexibility index (Phi) is 8.24. The number of amides is 1. The van der Waals surface area contributed by atoms with Gasteiger partial charge in [-0.1, -0.05) is 13.3 Å². The topological polar surface area (TPSA) is 60.5 Å². The highest BCUT2D eigenvalue weighted by Crippen LogP contribution is 2.37. The average Bonchev–Trinajstić information content (AvgIpc) is 3.04. The van der Waals surface area contributed by atoms with Crippen LogP contribution in [0.15, 0.2) is 28.5 Å². The fourth-order valence-electron chi connectivity index (χ4n) is 2.33. The number of nitrogens with one attached hydrogen (secondary N) is 1. The zero-order valence-electron chi connectivity index (χ0n) is 16.6. The van der Waals surface area contributed by atoms with Gasteiger partial charge in [0, 0.05) is 12.1 Å². The van der Waals surface area contributed by atoms with E-state index in [0.29, 0.717) is 17.7 Å². The van der Waals surface area contributed by atoms with Crippen molar-refractivity contribution in [2.24, 2.45) is 0 Å². The number of ether oxygens (including phenoxy) is 2. The van der Waals surface area contributed by atoms with Crippen LogP contribution in [0.25, 0.3) is 10.2 Å². The van der Waals surface area contributed by atoms with Crippen molar-refractivity contribution in [3.05, 3.63) is 33.5 Å². The second kappa shape index (κ2) is 10.2. The zero-order chi connectivity index (χ0) is 20.7. The van der Waals surface area contributed by atoms with Crippen molar-refractivity contribution in [3.63, 3.8) is 0 Å². The van der Waals surface area contributed by atoms with Crippen LogP contribution in [-0.4, -0.2) is 29.8 Å². The van der Waals surface area contributed by atoms with E-state index in [1.165, 1.54) is 0 Å². The average molecular weight is 473 g/mol. The van der Waals surface area contributed by atoms with Crippen molar-refractivity contribution in [3.8, 4) is 5.75 Å². The quantitative estimate of drug-likeness (QED) is 0.499. The summed E-state index contributed by atoms with van der Waals surface area (Å²) in [4.78, 5) is 16.3. The molecule has 0 fully saturated rings. The summed E-state index contributed by atoms with van der Waals surface area (Å²) in [7, 11) is 0. The molecular weight excluding hydrogens is 447 g/mol. The Labute approximate surface area is 177 Å². The van der Waals surface area contributed by atoms with Crippen LogP contribution in [0.3, 0.4) is 0 Å². The van der Waals surface area contributed by atoms with Crippen LogP contribution in [0.5, 0.6) is 5.75 Å². The SMILES string of the molecule is CCCCc1nc2ccc(OC/C(=C/F)CNC(=O)OC(C)(C)C)c(Br)c2s1. The molecule has 0 aliphatic rings. The smallest absolute Gasteiger partial charge is 0.407 e. The number of fused-ring (bicyclic) bond motifs is 1. The number of halogens is 2. The second-order valence-electron chi connectivity index (χ2n) is 7.35. The molecule has 8 heteroatoms. The van der Waals surface area contributed by atoms with E-state index in [0.717, 1.165) is 39.0 Å².